The first-order valence-corrected chi connectivity index (χ1v) is 4.90. The molecule has 76 valence electrons. The second kappa shape index (κ2) is 3.84. The normalized spacial score (nSPS) is 18.5. The van der Waals surface area contributed by atoms with Crippen molar-refractivity contribution in [3.63, 3.8) is 0 Å². The van der Waals surface area contributed by atoms with E-state index in [4.69, 9.17) is 5.73 Å². The van der Waals surface area contributed by atoms with Crippen molar-refractivity contribution in [1.29, 1.82) is 0 Å². The summed E-state index contributed by atoms with van der Waals surface area (Å²) in [6, 6.07) is 3.78. The molecule has 1 aliphatic heterocycles. The number of nitrogens with two attached hydrogens (primary N) is 1. The van der Waals surface area contributed by atoms with Crippen molar-refractivity contribution < 1.29 is 5.11 Å². The predicted molar refractivity (Wildman–Crippen MR) is 56.1 cm³/mol. The van der Waals surface area contributed by atoms with Gasteiger partial charge in [0.25, 0.3) is 0 Å². The molecular formula is C10H15N3O. The maximum atomic E-state index is 9.36. The zero-order valence-corrected chi connectivity index (χ0v) is 8.06. The lowest BCUT2D eigenvalue weighted by molar-refractivity contribution is 0.145. The number of aliphatic hydroxyl groups is 1. The molecule has 1 aliphatic rings. The molecule has 2 rings (SSSR count). The average molecular weight is 193 g/mol. The molecule has 0 amide bonds. The molecule has 14 heavy (non-hydrogen) atoms. The van der Waals surface area contributed by atoms with Gasteiger partial charge in [0.05, 0.1) is 18.0 Å². The number of hydrogen-bond acceptors (Lipinski definition) is 4. The number of hydrogen-bond donors (Lipinski definition) is 2. The lowest BCUT2D eigenvalue weighted by Crippen LogP contribution is -2.35. The highest BCUT2D eigenvalue weighted by atomic mass is 16.3. The van der Waals surface area contributed by atoms with Gasteiger partial charge in [-0.05, 0) is 25.0 Å². The summed E-state index contributed by atoms with van der Waals surface area (Å²) in [6.45, 7) is 1.79. The maximum absolute atomic E-state index is 9.36. The molecular weight excluding hydrogens is 178 g/mol. The molecule has 0 aliphatic carbocycles. The fourth-order valence-corrected chi connectivity index (χ4v) is 1.71. The molecule has 3 N–H and O–H groups in total. The molecule has 0 radical (unpaired) electrons. The first kappa shape index (κ1) is 9.27. The summed E-state index contributed by atoms with van der Waals surface area (Å²) >= 11 is 0. The van der Waals surface area contributed by atoms with Gasteiger partial charge >= 0.3 is 0 Å². The van der Waals surface area contributed by atoms with Gasteiger partial charge in [-0.25, -0.2) is 4.98 Å². The minimum atomic E-state index is -0.131. The van der Waals surface area contributed by atoms with E-state index in [9.17, 15) is 5.11 Å². The van der Waals surface area contributed by atoms with E-state index in [0.717, 1.165) is 31.6 Å². The van der Waals surface area contributed by atoms with E-state index < -0.39 is 0 Å². The van der Waals surface area contributed by atoms with E-state index in [-0.39, 0.29) is 6.10 Å². The Balaban J connectivity index is 2.05. The minimum Gasteiger partial charge on any atom is -0.393 e. The Bertz CT molecular complexity index is 291. The first-order chi connectivity index (χ1) is 6.75. The third-order valence-corrected chi connectivity index (χ3v) is 2.60. The second-order valence-electron chi connectivity index (χ2n) is 3.66. The van der Waals surface area contributed by atoms with Gasteiger partial charge in [-0.15, -0.1) is 0 Å². The zero-order valence-electron chi connectivity index (χ0n) is 8.06. The van der Waals surface area contributed by atoms with Crippen LogP contribution in [0.15, 0.2) is 18.3 Å². The Kier molecular flexibility index (Phi) is 2.54. The van der Waals surface area contributed by atoms with E-state index in [1.54, 1.807) is 12.3 Å². The molecule has 2 heterocycles. The van der Waals surface area contributed by atoms with E-state index in [1.165, 1.54) is 0 Å². The lowest BCUT2D eigenvalue weighted by Gasteiger charge is -2.31. The molecule has 0 aromatic carbocycles. The van der Waals surface area contributed by atoms with Crippen LogP contribution in [0.4, 0.5) is 11.5 Å². The zero-order chi connectivity index (χ0) is 9.97. The Morgan fingerprint density at radius 3 is 2.64 bits per heavy atom. The van der Waals surface area contributed by atoms with Crippen molar-refractivity contribution in [2.24, 2.45) is 0 Å². The van der Waals surface area contributed by atoms with Crippen LogP contribution in [0.1, 0.15) is 12.8 Å². The summed E-state index contributed by atoms with van der Waals surface area (Å²) in [4.78, 5) is 6.27. The van der Waals surface area contributed by atoms with Crippen molar-refractivity contribution in [3.05, 3.63) is 18.3 Å². The number of aliphatic hydroxyl groups excluding tert-OH is 1. The van der Waals surface area contributed by atoms with E-state index in [2.05, 4.69) is 9.88 Å². The number of aromatic nitrogens is 1. The number of pyridine rings is 1. The van der Waals surface area contributed by atoms with Crippen LogP contribution < -0.4 is 10.6 Å². The van der Waals surface area contributed by atoms with Crippen LogP contribution in [0.3, 0.4) is 0 Å². The fourth-order valence-electron chi connectivity index (χ4n) is 1.71. The van der Waals surface area contributed by atoms with Crippen LogP contribution in [0.2, 0.25) is 0 Å². The Morgan fingerprint density at radius 1 is 1.36 bits per heavy atom. The summed E-state index contributed by atoms with van der Waals surface area (Å²) in [5.41, 5.74) is 6.60. The smallest absolute Gasteiger partial charge is 0.123 e. The van der Waals surface area contributed by atoms with Crippen molar-refractivity contribution in [1.82, 2.24) is 4.98 Å². The van der Waals surface area contributed by atoms with E-state index in [0.29, 0.717) is 5.82 Å². The lowest BCUT2D eigenvalue weighted by atomic mass is 10.1. The SMILES string of the molecule is Nc1ccc(N2CCC(O)CC2)cn1. The quantitative estimate of drug-likeness (QED) is 0.686. The molecule has 1 aromatic rings. The van der Waals surface area contributed by atoms with Gasteiger partial charge in [0, 0.05) is 13.1 Å². The summed E-state index contributed by atoms with van der Waals surface area (Å²) < 4.78 is 0. The van der Waals surface area contributed by atoms with Crippen molar-refractivity contribution in [2.45, 2.75) is 18.9 Å². The van der Waals surface area contributed by atoms with Gasteiger partial charge in [0.1, 0.15) is 5.82 Å². The number of anilines is 2. The summed E-state index contributed by atoms with van der Waals surface area (Å²) in [5.74, 6) is 0.547. The molecule has 0 saturated carbocycles. The molecule has 0 spiro atoms. The third kappa shape index (κ3) is 1.96. The van der Waals surface area contributed by atoms with Crippen LogP contribution in [-0.4, -0.2) is 29.3 Å². The van der Waals surface area contributed by atoms with Gasteiger partial charge in [0.2, 0.25) is 0 Å². The van der Waals surface area contributed by atoms with E-state index in [1.807, 2.05) is 6.07 Å². The number of rotatable bonds is 1. The van der Waals surface area contributed by atoms with Gasteiger partial charge in [-0.2, -0.15) is 0 Å². The highest BCUT2D eigenvalue weighted by Gasteiger charge is 2.16. The molecule has 0 unspecified atom stereocenters. The molecule has 0 bridgehead atoms. The highest BCUT2D eigenvalue weighted by molar-refractivity contribution is 5.48. The number of nitrogen functional groups attached to an aromatic ring is 1. The molecule has 4 heteroatoms. The Labute approximate surface area is 83.4 Å². The summed E-state index contributed by atoms with van der Waals surface area (Å²) in [6.07, 6.45) is 3.33. The largest absolute Gasteiger partial charge is 0.393 e. The molecule has 1 aromatic heterocycles. The Hall–Kier alpha value is -1.29. The standard InChI is InChI=1S/C10H15N3O/c11-10-2-1-8(7-12-10)13-5-3-9(14)4-6-13/h1-2,7,9,14H,3-6H2,(H2,11,12). The number of nitrogens with zero attached hydrogens (tertiary/aromatic N) is 2. The number of piperidine rings is 1. The highest BCUT2D eigenvalue weighted by Crippen LogP contribution is 2.19. The molecule has 4 nitrogen and oxygen atoms in total. The summed E-state index contributed by atoms with van der Waals surface area (Å²) in [5, 5.41) is 9.36. The van der Waals surface area contributed by atoms with Crippen LogP contribution >= 0.6 is 0 Å². The molecule has 1 saturated heterocycles. The first-order valence-electron chi connectivity index (χ1n) is 4.90. The molecule has 0 atom stereocenters. The average Bonchev–Trinajstić information content (AvgIpc) is 2.21. The van der Waals surface area contributed by atoms with Gasteiger partial charge in [-0.3, -0.25) is 0 Å². The van der Waals surface area contributed by atoms with Crippen molar-refractivity contribution >= 4 is 11.5 Å². The predicted octanol–water partition coefficient (Wildman–Crippen LogP) is 0.625. The second-order valence-corrected chi connectivity index (χ2v) is 3.66. The van der Waals surface area contributed by atoms with Crippen LogP contribution in [-0.2, 0) is 0 Å². The van der Waals surface area contributed by atoms with Crippen LogP contribution in [0, 0.1) is 0 Å². The van der Waals surface area contributed by atoms with Crippen molar-refractivity contribution in [3.8, 4) is 0 Å². The Morgan fingerprint density at radius 2 is 2.07 bits per heavy atom. The van der Waals surface area contributed by atoms with Crippen LogP contribution in [0.5, 0.6) is 0 Å². The fraction of sp³-hybridized carbons (Fsp3) is 0.500. The monoisotopic (exact) mass is 193 g/mol. The van der Waals surface area contributed by atoms with E-state index >= 15 is 0 Å². The minimum absolute atomic E-state index is 0.131. The van der Waals surface area contributed by atoms with Gasteiger partial charge < -0.3 is 15.7 Å². The van der Waals surface area contributed by atoms with Gasteiger partial charge in [0.15, 0.2) is 0 Å². The maximum Gasteiger partial charge on any atom is 0.123 e. The van der Waals surface area contributed by atoms with Crippen molar-refractivity contribution in [2.75, 3.05) is 23.7 Å². The third-order valence-electron chi connectivity index (χ3n) is 2.60. The topological polar surface area (TPSA) is 62.4 Å². The summed E-state index contributed by atoms with van der Waals surface area (Å²) in [7, 11) is 0. The van der Waals surface area contributed by atoms with Crippen LogP contribution in [0.25, 0.3) is 0 Å². The van der Waals surface area contributed by atoms with Gasteiger partial charge in [-0.1, -0.05) is 0 Å². The molecule has 1 fully saturated rings.